The number of halogens is 4. The van der Waals surface area contributed by atoms with Gasteiger partial charge in [-0.1, -0.05) is 11.6 Å². The van der Waals surface area contributed by atoms with Crippen molar-refractivity contribution < 1.29 is 36.6 Å². The Bertz CT molecular complexity index is 1090. The molecule has 168 valence electrons. The van der Waals surface area contributed by atoms with Gasteiger partial charge in [0.15, 0.2) is 11.6 Å². The Morgan fingerprint density at radius 1 is 1.03 bits per heavy atom. The van der Waals surface area contributed by atoms with Crippen LogP contribution in [0.3, 0.4) is 0 Å². The number of carbonyl (C=O) groups excluding carboxylic acids is 1. The van der Waals surface area contributed by atoms with Gasteiger partial charge in [0.25, 0.3) is 5.91 Å². The maximum absolute atomic E-state index is 14.2. The molecule has 0 spiro atoms. The average Bonchev–Trinajstić information content (AvgIpc) is 2.68. The van der Waals surface area contributed by atoms with Gasteiger partial charge in [0.1, 0.15) is 10.7 Å². The molecule has 0 aromatic heterocycles. The summed E-state index contributed by atoms with van der Waals surface area (Å²) >= 11 is 5.53. The summed E-state index contributed by atoms with van der Waals surface area (Å²) in [7, 11) is -4.41. The number of carbonyl (C=O) groups is 1. The molecule has 0 aliphatic heterocycles. The van der Waals surface area contributed by atoms with Gasteiger partial charge in [0, 0.05) is 23.4 Å². The van der Waals surface area contributed by atoms with Crippen LogP contribution in [-0.4, -0.2) is 42.8 Å². The van der Waals surface area contributed by atoms with Crippen molar-refractivity contribution in [1.82, 2.24) is 4.72 Å². The first-order valence-electron chi connectivity index (χ1n) is 9.12. The molecule has 0 saturated heterocycles. The van der Waals surface area contributed by atoms with Crippen molar-refractivity contribution in [2.75, 3.05) is 5.32 Å². The van der Waals surface area contributed by atoms with Crippen molar-refractivity contribution in [1.29, 1.82) is 0 Å². The number of amides is 1. The van der Waals surface area contributed by atoms with E-state index >= 15 is 0 Å². The summed E-state index contributed by atoms with van der Waals surface area (Å²) in [6, 6.07) is 3.51. The Labute approximate surface area is 180 Å². The first kappa shape index (κ1) is 23.5. The number of rotatable bonds is 5. The molecule has 2 aromatic carbocycles. The minimum atomic E-state index is -4.41. The van der Waals surface area contributed by atoms with E-state index in [-0.39, 0.29) is 30.5 Å². The average molecular weight is 479 g/mol. The fraction of sp³-hybridized carbons (Fsp3) is 0.316. The van der Waals surface area contributed by atoms with Gasteiger partial charge >= 0.3 is 0 Å². The van der Waals surface area contributed by atoms with Crippen LogP contribution < -0.4 is 10.0 Å². The van der Waals surface area contributed by atoms with Crippen LogP contribution in [0.15, 0.2) is 35.2 Å². The zero-order chi connectivity index (χ0) is 22.9. The van der Waals surface area contributed by atoms with Gasteiger partial charge in [-0.15, -0.1) is 0 Å². The number of nitrogens with one attached hydrogen (secondary N) is 2. The lowest BCUT2D eigenvalue weighted by molar-refractivity contribution is -0.0157. The maximum Gasteiger partial charge on any atom is 0.255 e. The van der Waals surface area contributed by atoms with Gasteiger partial charge < -0.3 is 15.5 Å². The molecule has 0 heterocycles. The molecular formula is C19H18ClF3N2O5S. The third-order valence-corrected chi connectivity index (χ3v) is 6.64. The summed E-state index contributed by atoms with van der Waals surface area (Å²) in [5.74, 6) is -4.61. The highest BCUT2D eigenvalue weighted by Gasteiger charge is 2.31. The van der Waals surface area contributed by atoms with E-state index in [9.17, 15) is 36.6 Å². The monoisotopic (exact) mass is 478 g/mol. The summed E-state index contributed by atoms with van der Waals surface area (Å²) in [5, 5.41) is 20.9. The molecule has 1 saturated carbocycles. The highest BCUT2D eigenvalue weighted by molar-refractivity contribution is 7.89. The normalized spacial score (nSPS) is 21.7. The number of aliphatic hydroxyl groups is 2. The minimum absolute atomic E-state index is 0.0565. The lowest BCUT2D eigenvalue weighted by atomic mass is 9.91. The van der Waals surface area contributed by atoms with Crippen LogP contribution in [0.1, 0.15) is 29.6 Å². The van der Waals surface area contributed by atoms with E-state index in [1.54, 1.807) is 0 Å². The Kier molecular flexibility index (Phi) is 6.92. The third kappa shape index (κ3) is 5.36. The van der Waals surface area contributed by atoms with Crippen LogP contribution in [0.2, 0.25) is 5.02 Å². The van der Waals surface area contributed by atoms with E-state index in [1.807, 2.05) is 0 Å². The first-order chi connectivity index (χ1) is 14.5. The van der Waals surface area contributed by atoms with Gasteiger partial charge in [0.05, 0.1) is 17.2 Å². The van der Waals surface area contributed by atoms with E-state index < -0.39 is 61.6 Å². The Hall–Kier alpha value is -2.18. The van der Waals surface area contributed by atoms with Crippen molar-refractivity contribution >= 4 is 33.2 Å². The summed E-state index contributed by atoms with van der Waals surface area (Å²) < 4.78 is 68.5. The SMILES string of the molecule is O=C(Nc1cc(F)c(F)c(Cl)c1)c1ccc(F)c(S(=O)(=O)NC2CCC(O)C(O)C2)c1. The van der Waals surface area contributed by atoms with Gasteiger partial charge in [-0.2, -0.15) is 0 Å². The van der Waals surface area contributed by atoms with Crippen molar-refractivity contribution in [2.24, 2.45) is 0 Å². The molecule has 1 fully saturated rings. The lowest BCUT2D eigenvalue weighted by Gasteiger charge is -2.30. The molecular weight excluding hydrogens is 461 g/mol. The molecule has 4 N–H and O–H groups in total. The second-order valence-corrected chi connectivity index (χ2v) is 9.21. The van der Waals surface area contributed by atoms with E-state index in [4.69, 9.17) is 11.6 Å². The molecule has 1 aliphatic rings. The fourth-order valence-corrected chi connectivity index (χ4v) is 4.80. The van der Waals surface area contributed by atoms with Crippen LogP contribution in [-0.2, 0) is 10.0 Å². The fourth-order valence-electron chi connectivity index (χ4n) is 3.20. The largest absolute Gasteiger partial charge is 0.390 e. The minimum Gasteiger partial charge on any atom is -0.390 e. The number of aliphatic hydroxyl groups excluding tert-OH is 2. The third-order valence-electron chi connectivity index (χ3n) is 4.83. The molecule has 3 unspecified atom stereocenters. The molecule has 31 heavy (non-hydrogen) atoms. The topological polar surface area (TPSA) is 116 Å². The highest BCUT2D eigenvalue weighted by atomic mass is 35.5. The predicted molar refractivity (Wildman–Crippen MR) is 106 cm³/mol. The quantitative estimate of drug-likeness (QED) is 0.493. The number of anilines is 1. The molecule has 0 bridgehead atoms. The zero-order valence-corrected chi connectivity index (χ0v) is 17.4. The van der Waals surface area contributed by atoms with Crippen molar-refractivity contribution in [3.05, 3.63) is 58.4 Å². The summed E-state index contributed by atoms with van der Waals surface area (Å²) in [5.41, 5.74) is -0.447. The molecule has 1 amide bonds. The van der Waals surface area contributed by atoms with E-state index in [1.165, 1.54) is 0 Å². The van der Waals surface area contributed by atoms with E-state index in [0.29, 0.717) is 6.07 Å². The van der Waals surface area contributed by atoms with Crippen molar-refractivity contribution in [3.63, 3.8) is 0 Å². The van der Waals surface area contributed by atoms with Crippen LogP contribution in [0.5, 0.6) is 0 Å². The van der Waals surface area contributed by atoms with Crippen molar-refractivity contribution in [2.45, 2.75) is 42.4 Å². The molecule has 12 heteroatoms. The summed E-state index contributed by atoms with van der Waals surface area (Å²) in [6.07, 6.45) is -1.74. The second kappa shape index (κ2) is 9.13. The smallest absolute Gasteiger partial charge is 0.255 e. The number of benzene rings is 2. The van der Waals surface area contributed by atoms with Crippen LogP contribution in [0.25, 0.3) is 0 Å². The number of hydrogen-bond acceptors (Lipinski definition) is 5. The molecule has 2 aromatic rings. The zero-order valence-electron chi connectivity index (χ0n) is 15.8. The standard InChI is InChI=1S/C19H18ClF3N2O5S/c20-12-6-11(7-14(22)18(12)23)24-19(28)9-1-3-13(21)17(5-9)31(29,30)25-10-2-4-15(26)16(27)8-10/h1,3,5-7,10,15-16,25-27H,2,4,8H2,(H,24,28). The molecule has 3 atom stereocenters. The second-order valence-electron chi connectivity index (χ2n) is 7.12. The summed E-state index contributed by atoms with van der Waals surface area (Å²) in [4.78, 5) is 11.6. The summed E-state index contributed by atoms with van der Waals surface area (Å²) in [6.45, 7) is 0. The van der Waals surface area contributed by atoms with Gasteiger partial charge in [-0.25, -0.2) is 26.3 Å². The first-order valence-corrected chi connectivity index (χ1v) is 11.0. The van der Waals surface area contributed by atoms with E-state index in [0.717, 1.165) is 24.3 Å². The van der Waals surface area contributed by atoms with Gasteiger partial charge in [0.2, 0.25) is 10.0 Å². The molecule has 1 aliphatic carbocycles. The number of sulfonamides is 1. The van der Waals surface area contributed by atoms with Crippen LogP contribution in [0.4, 0.5) is 18.9 Å². The van der Waals surface area contributed by atoms with Crippen LogP contribution >= 0.6 is 11.6 Å². The molecule has 0 radical (unpaired) electrons. The van der Waals surface area contributed by atoms with Crippen LogP contribution in [0, 0.1) is 17.5 Å². The van der Waals surface area contributed by atoms with Gasteiger partial charge in [-0.3, -0.25) is 4.79 Å². The number of hydrogen-bond donors (Lipinski definition) is 4. The van der Waals surface area contributed by atoms with Crippen molar-refractivity contribution in [3.8, 4) is 0 Å². The Morgan fingerprint density at radius 3 is 2.39 bits per heavy atom. The Balaban J connectivity index is 1.81. The maximum atomic E-state index is 14.2. The Morgan fingerprint density at radius 2 is 1.74 bits per heavy atom. The predicted octanol–water partition coefficient (Wildman–Crippen LogP) is 2.56. The lowest BCUT2D eigenvalue weighted by Crippen LogP contribution is -2.44. The highest BCUT2D eigenvalue weighted by Crippen LogP contribution is 2.25. The van der Waals surface area contributed by atoms with E-state index in [2.05, 4.69) is 10.0 Å². The van der Waals surface area contributed by atoms with Gasteiger partial charge in [-0.05, 0) is 43.5 Å². The molecule has 7 nitrogen and oxygen atoms in total. The molecule has 3 rings (SSSR count).